The smallest absolute Gasteiger partial charge is 0.356 e. The second-order valence-corrected chi connectivity index (χ2v) is 3.57. The second kappa shape index (κ2) is 4.32. The highest BCUT2D eigenvalue weighted by Gasteiger charge is 2.29. The summed E-state index contributed by atoms with van der Waals surface area (Å²) >= 11 is 0. The third kappa shape index (κ3) is 2.15. The number of nitrogens with zero attached hydrogens (tertiary/aromatic N) is 2. The minimum Gasteiger partial charge on any atom is -0.464 e. The highest BCUT2D eigenvalue weighted by atomic mass is 16.5. The SMILES string of the molecule is COC(=O)c1cccc(N2CC(=O)CC2=O)n1. The monoisotopic (exact) mass is 234 g/mol. The number of hydrogen-bond donors (Lipinski definition) is 0. The molecule has 1 fully saturated rings. The lowest BCUT2D eigenvalue weighted by Gasteiger charge is -2.13. The number of anilines is 1. The van der Waals surface area contributed by atoms with E-state index < -0.39 is 5.97 Å². The van der Waals surface area contributed by atoms with E-state index in [1.54, 1.807) is 12.1 Å². The van der Waals surface area contributed by atoms with Crippen LogP contribution < -0.4 is 4.90 Å². The van der Waals surface area contributed by atoms with E-state index in [1.807, 2.05) is 0 Å². The first-order valence-electron chi connectivity index (χ1n) is 4.99. The summed E-state index contributed by atoms with van der Waals surface area (Å²) in [6.07, 6.45) is -0.107. The van der Waals surface area contributed by atoms with Gasteiger partial charge in [-0.05, 0) is 12.1 Å². The van der Waals surface area contributed by atoms with Gasteiger partial charge in [0, 0.05) is 0 Å². The molecule has 2 heterocycles. The van der Waals surface area contributed by atoms with E-state index in [0.29, 0.717) is 5.82 Å². The minimum atomic E-state index is -0.579. The summed E-state index contributed by atoms with van der Waals surface area (Å²) in [4.78, 5) is 39.1. The average molecular weight is 234 g/mol. The van der Waals surface area contributed by atoms with Crippen LogP contribution in [0.5, 0.6) is 0 Å². The van der Waals surface area contributed by atoms with Crippen molar-refractivity contribution < 1.29 is 19.1 Å². The normalized spacial score (nSPS) is 15.2. The van der Waals surface area contributed by atoms with Crippen molar-refractivity contribution in [3.63, 3.8) is 0 Å². The Balaban J connectivity index is 2.30. The summed E-state index contributed by atoms with van der Waals surface area (Å²) in [7, 11) is 1.25. The lowest BCUT2D eigenvalue weighted by Crippen LogP contribution is -2.26. The zero-order chi connectivity index (χ0) is 12.4. The van der Waals surface area contributed by atoms with Crippen molar-refractivity contribution in [3.05, 3.63) is 23.9 Å². The van der Waals surface area contributed by atoms with E-state index in [9.17, 15) is 14.4 Å². The summed E-state index contributed by atoms with van der Waals surface area (Å²) in [5, 5.41) is 0. The van der Waals surface area contributed by atoms with Gasteiger partial charge in [-0.25, -0.2) is 9.78 Å². The standard InChI is InChI=1S/C11H10N2O4/c1-17-11(16)8-3-2-4-9(12-8)13-6-7(14)5-10(13)15/h2-4H,5-6H2,1H3. The van der Waals surface area contributed by atoms with Gasteiger partial charge in [-0.2, -0.15) is 0 Å². The van der Waals surface area contributed by atoms with Gasteiger partial charge >= 0.3 is 5.97 Å². The highest BCUT2D eigenvalue weighted by Crippen LogP contribution is 2.17. The molecule has 0 spiro atoms. The number of amides is 1. The van der Waals surface area contributed by atoms with E-state index >= 15 is 0 Å². The molecule has 1 amide bonds. The van der Waals surface area contributed by atoms with Crippen molar-refractivity contribution in [3.8, 4) is 0 Å². The average Bonchev–Trinajstić information content (AvgIpc) is 2.67. The Kier molecular flexibility index (Phi) is 2.86. The molecule has 0 radical (unpaired) electrons. The van der Waals surface area contributed by atoms with Crippen molar-refractivity contribution >= 4 is 23.5 Å². The predicted molar refractivity (Wildman–Crippen MR) is 57.6 cm³/mol. The Bertz CT molecular complexity index is 498. The molecule has 88 valence electrons. The molecule has 0 aromatic carbocycles. The Hall–Kier alpha value is -2.24. The van der Waals surface area contributed by atoms with Gasteiger partial charge in [0.2, 0.25) is 5.91 Å². The number of aromatic nitrogens is 1. The quantitative estimate of drug-likeness (QED) is 0.538. The van der Waals surface area contributed by atoms with E-state index in [-0.39, 0.29) is 30.3 Å². The molecule has 1 saturated heterocycles. The number of carbonyl (C=O) groups is 3. The van der Waals surface area contributed by atoms with Gasteiger partial charge in [0.15, 0.2) is 11.5 Å². The molecule has 0 atom stereocenters. The lowest BCUT2D eigenvalue weighted by atomic mass is 10.3. The number of carbonyl (C=O) groups excluding carboxylic acids is 3. The molecule has 2 rings (SSSR count). The van der Waals surface area contributed by atoms with Gasteiger partial charge in [-0.15, -0.1) is 0 Å². The van der Waals surface area contributed by atoms with Gasteiger partial charge in [0.25, 0.3) is 0 Å². The third-order valence-electron chi connectivity index (χ3n) is 2.39. The number of esters is 1. The molecule has 1 aromatic heterocycles. The summed E-state index contributed by atoms with van der Waals surface area (Å²) in [6.45, 7) is 0.0104. The molecular weight excluding hydrogens is 224 g/mol. The number of ketones is 1. The van der Waals surface area contributed by atoms with Crippen LogP contribution in [0, 0.1) is 0 Å². The Morgan fingerprint density at radius 2 is 2.18 bits per heavy atom. The van der Waals surface area contributed by atoms with Crippen LogP contribution in [-0.4, -0.2) is 36.3 Å². The molecule has 1 aliphatic heterocycles. The van der Waals surface area contributed by atoms with Gasteiger partial charge in [-0.3, -0.25) is 14.5 Å². The Morgan fingerprint density at radius 1 is 1.41 bits per heavy atom. The van der Waals surface area contributed by atoms with Crippen LogP contribution in [0.1, 0.15) is 16.9 Å². The second-order valence-electron chi connectivity index (χ2n) is 3.57. The van der Waals surface area contributed by atoms with Gasteiger partial charge in [0.05, 0.1) is 20.1 Å². The van der Waals surface area contributed by atoms with Crippen LogP contribution >= 0.6 is 0 Å². The van der Waals surface area contributed by atoms with E-state index in [4.69, 9.17) is 0 Å². The highest BCUT2D eigenvalue weighted by molar-refractivity contribution is 6.14. The molecule has 1 aliphatic rings. The van der Waals surface area contributed by atoms with Gasteiger partial charge in [-0.1, -0.05) is 6.07 Å². The molecule has 6 nitrogen and oxygen atoms in total. The third-order valence-corrected chi connectivity index (χ3v) is 2.39. The van der Waals surface area contributed by atoms with Crippen molar-refractivity contribution in [1.29, 1.82) is 0 Å². The number of pyridine rings is 1. The molecule has 0 aliphatic carbocycles. The number of methoxy groups -OCH3 is 1. The van der Waals surface area contributed by atoms with Crippen molar-refractivity contribution in [2.75, 3.05) is 18.6 Å². The molecule has 0 saturated carbocycles. The maximum absolute atomic E-state index is 11.5. The number of hydrogen-bond acceptors (Lipinski definition) is 5. The molecular formula is C11H10N2O4. The summed E-state index contributed by atoms with van der Waals surface area (Å²) in [5.41, 5.74) is 0.108. The fourth-order valence-corrected chi connectivity index (χ4v) is 1.59. The number of Topliss-reactive ketones (excluding diaryl/α,β-unsaturated/α-hetero) is 1. The molecule has 17 heavy (non-hydrogen) atoms. The molecule has 6 heteroatoms. The summed E-state index contributed by atoms with van der Waals surface area (Å²) in [6, 6.07) is 4.64. The van der Waals surface area contributed by atoms with E-state index in [1.165, 1.54) is 18.1 Å². The maximum Gasteiger partial charge on any atom is 0.356 e. The maximum atomic E-state index is 11.5. The molecule has 0 bridgehead atoms. The van der Waals surface area contributed by atoms with Crippen LogP contribution in [0.4, 0.5) is 5.82 Å². The van der Waals surface area contributed by atoms with Gasteiger partial charge in [0.1, 0.15) is 5.82 Å². The lowest BCUT2D eigenvalue weighted by molar-refractivity contribution is -0.121. The van der Waals surface area contributed by atoms with Crippen LogP contribution in [0.15, 0.2) is 18.2 Å². The Morgan fingerprint density at radius 3 is 2.76 bits per heavy atom. The first kappa shape index (κ1) is 11.3. The molecule has 0 N–H and O–H groups in total. The van der Waals surface area contributed by atoms with Crippen molar-refractivity contribution in [1.82, 2.24) is 4.98 Å². The topological polar surface area (TPSA) is 76.6 Å². The summed E-state index contributed by atoms with van der Waals surface area (Å²) in [5.74, 6) is -0.738. The van der Waals surface area contributed by atoms with Crippen LogP contribution in [-0.2, 0) is 14.3 Å². The van der Waals surface area contributed by atoms with Crippen LogP contribution in [0.2, 0.25) is 0 Å². The minimum absolute atomic E-state index is 0.0104. The zero-order valence-electron chi connectivity index (χ0n) is 9.17. The number of rotatable bonds is 2. The molecule has 1 aromatic rings. The van der Waals surface area contributed by atoms with Crippen molar-refractivity contribution in [2.45, 2.75) is 6.42 Å². The zero-order valence-corrected chi connectivity index (χ0v) is 9.17. The molecule has 0 unspecified atom stereocenters. The van der Waals surface area contributed by atoms with E-state index in [2.05, 4.69) is 9.72 Å². The van der Waals surface area contributed by atoms with E-state index in [0.717, 1.165) is 0 Å². The van der Waals surface area contributed by atoms with Crippen LogP contribution in [0.25, 0.3) is 0 Å². The first-order chi connectivity index (χ1) is 8.11. The first-order valence-corrected chi connectivity index (χ1v) is 4.99. The van der Waals surface area contributed by atoms with Gasteiger partial charge < -0.3 is 4.74 Å². The number of ether oxygens (including phenoxy) is 1. The van der Waals surface area contributed by atoms with Crippen LogP contribution in [0.3, 0.4) is 0 Å². The Labute approximate surface area is 97.2 Å². The summed E-state index contributed by atoms with van der Waals surface area (Å²) < 4.78 is 4.53. The largest absolute Gasteiger partial charge is 0.464 e. The fourth-order valence-electron chi connectivity index (χ4n) is 1.59. The predicted octanol–water partition coefficient (Wildman–Crippen LogP) is 0.174. The fraction of sp³-hybridized carbons (Fsp3) is 0.273. The van der Waals surface area contributed by atoms with Crippen molar-refractivity contribution in [2.24, 2.45) is 0 Å².